The first-order valence-corrected chi connectivity index (χ1v) is 8.80. The zero-order valence-electron chi connectivity index (χ0n) is 14.7. The molecule has 2 rings (SSSR count). The largest absolute Gasteiger partial charge is 0.483 e. The fourth-order valence-electron chi connectivity index (χ4n) is 2.31. The first-order valence-electron chi connectivity index (χ1n) is 8.05. The van der Waals surface area contributed by atoms with Gasteiger partial charge in [0.05, 0.1) is 0 Å². The van der Waals surface area contributed by atoms with Crippen LogP contribution in [0.15, 0.2) is 36.4 Å². The van der Waals surface area contributed by atoms with Crippen LogP contribution >= 0.6 is 23.2 Å². The molecule has 0 radical (unpaired) electrons. The van der Waals surface area contributed by atoms with Crippen molar-refractivity contribution < 1.29 is 14.3 Å². The molecule has 0 spiro atoms. The van der Waals surface area contributed by atoms with Gasteiger partial charge >= 0.3 is 0 Å². The normalized spacial score (nSPS) is 10.5. The van der Waals surface area contributed by atoms with Gasteiger partial charge in [-0.15, -0.1) is 0 Å². The second-order valence-electron chi connectivity index (χ2n) is 6.15. The molecule has 0 aliphatic carbocycles. The summed E-state index contributed by atoms with van der Waals surface area (Å²) in [6.07, 6.45) is 0. The average molecular weight is 395 g/mol. The van der Waals surface area contributed by atoms with E-state index in [1.54, 1.807) is 0 Å². The Morgan fingerprint density at radius 1 is 1.04 bits per heavy atom. The second-order valence-corrected chi connectivity index (χ2v) is 7.02. The van der Waals surface area contributed by atoms with Gasteiger partial charge in [0.25, 0.3) is 11.8 Å². The molecule has 7 heteroatoms. The van der Waals surface area contributed by atoms with Gasteiger partial charge in [0, 0.05) is 15.6 Å². The molecule has 5 nitrogen and oxygen atoms in total. The van der Waals surface area contributed by atoms with E-state index >= 15 is 0 Å². The number of hydrogen-bond donors (Lipinski definition) is 2. The first kappa shape index (κ1) is 20.1. The topological polar surface area (TPSA) is 67.4 Å². The third kappa shape index (κ3) is 5.64. The molecule has 0 unspecified atom stereocenters. The van der Waals surface area contributed by atoms with Gasteiger partial charge in [0.1, 0.15) is 5.75 Å². The maximum Gasteiger partial charge on any atom is 0.276 e. The van der Waals surface area contributed by atoms with Gasteiger partial charge in [-0.2, -0.15) is 0 Å². The van der Waals surface area contributed by atoms with Crippen molar-refractivity contribution in [2.45, 2.75) is 26.7 Å². The minimum Gasteiger partial charge on any atom is -0.483 e. The highest BCUT2D eigenvalue weighted by Gasteiger charge is 2.12. The highest BCUT2D eigenvalue weighted by molar-refractivity contribution is 6.35. The maximum atomic E-state index is 12.0. The van der Waals surface area contributed by atoms with Crippen LogP contribution in [0.2, 0.25) is 10.0 Å². The summed E-state index contributed by atoms with van der Waals surface area (Å²) in [5, 5.41) is 0.663. The molecular weight excluding hydrogens is 375 g/mol. The van der Waals surface area contributed by atoms with E-state index in [-0.39, 0.29) is 18.1 Å². The van der Waals surface area contributed by atoms with Crippen molar-refractivity contribution in [1.29, 1.82) is 0 Å². The lowest BCUT2D eigenvalue weighted by atomic mass is 10.0. The van der Waals surface area contributed by atoms with E-state index in [2.05, 4.69) is 10.9 Å². The van der Waals surface area contributed by atoms with Crippen LogP contribution in [-0.4, -0.2) is 18.4 Å². The number of carbonyl (C=O) groups excluding carboxylic acids is 2. The Labute approximate surface area is 162 Å². The van der Waals surface area contributed by atoms with Crippen molar-refractivity contribution in [3.05, 3.63) is 63.1 Å². The van der Waals surface area contributed by atoms with Gasteiger partial charge in [-0.1, -0.05) is 49.2 Å². The summed E-state index contributed by atoms with van der Waals surface area (Å²) < 4.78 is 5.61. The monoisotopic (exact) mass is 394 g/mol. The van der Waals surface area contributed by atoms with Crippen LogP contribution in [0.5, 0.6) is 5.75 Å². The molecule has 138 valence electrons. The summed E-state index contributed by atoms with van der Waals surface area (Å²) in [5.74, 6) is -0.0899. The van der Waals surface area contributed by atoms with E-state index < -0.39 is 11.8 Å². The fraction of sp³-hybridized carbons (Fsp3) is 0.263. The molecule has 2 aromatic carbocycles. The molecular formula is C19H20Cl2N2O3. The predicted octanol–water partition coefficient (Wildman–Crippen LogP) is 4.27. The zero-order valence-corrected chi connectivity index (χ0v) is 16.2. The van der Waals surface area contributed by atoms with Crippen molar-refractivity contribution in [2.75, 3.05) is 6.61 Å². The molecule has 0 aromatic heterocycles. The summed E-state index contributed by atoms with van der Waals surface area (Å²) in [7, 11) is 0. The van der Waals surface area contributed by atoms with Crippen LogP contribution in [0.3, 0.4) is 0 Å². The zero-order chi connectivity index (χ0) is 19.3. The Kier molecular flexibility index (Phi) is 6.89. The molecule has 0 bridgehead atoms. The lowest BCUT2D eigenvalue weighted by Crippen LogP contribution is -2.43. The number of hydrogen-bond acceptors (Lipinski definition) is 3. The number of benzene rings is 2. The Morgan fingerprint density at radius 3 is 2.31 bits per heavy atom. The van der Waals surface area contributed by atoms with Gasteiger partial charge in [-0.25, -0.2) is 0 Å². The third-order valence-electron chi connectivity index (χ3n) is 3.59. The minimum atomic E-state index is -0.527. The van der Waals surface area contributed by atoms with E-state index in [1.165, 1.54) is 18.2 Å². The SMILES string of the molecule is Cc1ccc(C(C)C)c(OCC(=O)NNC(=O)c2cc(Cl)cc(Cl)c2)c1. The van der Waals surface area contributed by atoms with Gasteiger partial charge in [-0.05, 0) is 48.2 Å². The van der Waals surface area contributed by atoms with Crippen LogP contribution < -0.4 is 15.6 Å². The average Bonchev–Trinajstić information content (AvgIpc) is 2.56. The predicted molar refractivity (Wildman–Crippen MR) is 103 cm³/mol. The number of carbonyl (C=O) groups is 2. The number of ether oxygens (including phenoxy) is 1. The molecule has 0 atom stereocenters. The van der Waals surface area contributed by atoms with Crippen LogP contribution in [-0.2, 0) is 4.79 Å². The van der Waals surface area contributed by atoms with Gasteiger partial charge < -0.3 is 4.74 Å². The van der Waals surface area contributed by atoms with Crippen molar-refractivity contribution in [3.8, 4) is 5.75 Å². The fourth-order valence-corrected chi connectivity index (χ4v) is 2.83. The molecule has 0 fully saturated rings. The van der Waals surface area contributed by atoms with E-state index in [0.29, 0.717) is 15.8 Å². The Hall–Kier alpha value is -2.24. The van der Waals surface area contributed by atoms with E-state index in [9.17, 15) is 9.59 Å². The van der Waals surface area contributed by atoms with Crippen LogP contribution in [0.25, 0.3) is 0 Å². The van der Waals surface area contributed by atoms with Gasteiger partial charge in [0.15, 0.2) is 6.61 Å². The van der Waals surface area contributed by atoms with E-state index in [1.807, 2.05) is 39.0 Å². The quantitative estimate of drug-likeness (QED) is 0.744. The van der Waals surface area contributed by atoms with Crippen molar-refractivity contribution in [3.63, 3.8) is 0 Å². The lowest BCUT2D eigenvalue weighted by molar-refractivity contribution is -0.123. The third-order valence-corrected chi connectivity index (χ3v) is 4.03. The molecule has 0 aliphatic heterocycles. The summed E-state index contributed by atoms with van der Waals surface area (Å²) >= 11 is 11.7. The van der Waals surface area contributed by atoms with Crippen LogP contribution in [0, 0.1) is 6.92 Å². The van der Waals surface area contributed by atoms with Gasteiger partial charge in [-0.3, -0.25) is 20.4 Å². The molecule has 2 N–H and O–H groups in total. The van der Waals surface area contributed by atoms with Crippen LogP contribution in [0.1, 0.15) is 41.3 Å². The summed E-state index contributed by atoms with van der Waals surface area (Å²) in [4.78, 5) is 24.0. The molecule has 0 heterocycles. The minimum absolute atomic E-state index is 0.222. The second kappa shape index (κ2) is 8.92. The van der Waals surface area contributed by atoms with Crippen LogP contribution in [0.4, 0.5) is 0 Å². The van der Waals surface area contributed by atoms with Crippen molar-refractivity contribution >= 4 is 35.0 Å². The molecule has 0 aliphatic rings. The number of nitrogens with one attached hydrogen (secondary N) is 2. The van der Waals surface area contributed by atoms with Crippen molar-refractivity contribution in [2.24, 2.45) is 0 Å². The molecule has 0 saturated heterocycles. The summed E-state index contributed by atoms with van der Waals surface area (Å²) in [6, 6.07) is 10.3. The number of hydrazine groups is 1. The molecule has 2 aromatic rings. The number of amides is 2. The lowest BCUT2D eigenvalue weighted by Gasteiger charge is -2.15. The number of aryl methyl sites for hydroxylation is 1. The Bertz CT molecular complexity index is 802. The molecule has 0 saturated carbocycles. The van der Waals surface area contributed by atoms with Gasteiger partial charge in [0.2, 0.25) is 0 Å². The Morgan fingerprint density at radius 2 is 1.69 bits per heavy atom. The standard InChI is InChI=1S/C19H20Cl2N2O3/c1-11(2)16-5-4-12(3)6-17(16)26-10-18(24)22-23-19(25)13-7-14(20)9-15(21)8-13/h4-9,11H,10H2,1-3H3,(H,22,24)(H,23,25). The number of halogens is 2. The smallest absolute Gasteiger partial charge is 0.276 e. The summed E-state index contributed by atoms with van der Waals surface area (Å²) in [6.45, 7) is 5.83. The first-order chi connectivity index (χ1) is 12.3. The van der Waals surface area contributed by atoms with Crippen molar-refractivity contribution in [1.82, 2.24) is 10.9 Å². The highest BCUT2D eigenvalue weighted by atomic mass is 35.5. The highest BCUT2D eigenvalue weighted by Crippen LogP contribution is 2.27. The molecule has 2 amide bonds. The maximum absolute atomic E-state index is 12.0. The van der Waals surface area contributed by atoms with E-state index in [0.717, 1.165) is 11.1 Å². The molecule has 26 heavy (non-hydrogen) atoms. The van der Waals surface area contributed by atoms with E-state index in [4.69, 9.17) is 27.9 Å². The summed E-state index contributed by atoms with van der Waals surface area (Å²) in [5.41, 5.74) is 6.90. The number of rotatable bonds is 5. The Balaban J connectivity index is 1.91.